The summed E-state index contributed by atoms with van der Waals surface area (Å²) in [7, 11) is 0. The molecule has 0 unspecified atom stereocenters. The molecule has 1 N–H and O–H groups in total. The van der Waals surface area contributed by atoms with E-state index in [9.17, 15) is 9.59 Å². The first kappa shape index (κ1) is 16.7. The lowest BCUT2D eigenvalue weighted by atomic mass is 10.3. The maximum absolute atomic E-state index is 12.0. The Kier molecular flexibility index (Phi) is 5.90. The second-order valence-electron chi connectivity index (χ2n) is 4.95. The predicted octanol–water partition coefficient (Wildman–Crippen LogP) is 0.712. The molecule has 124 valence electrons. The fourth-order valence-corrected chi connectivity index (χ4v) is 2.14. The monoisotopic (exact) mass is 319 g/mol. The standard InChI is InChI=1S/C15H21N5O3/c1-3-19(4-2)14(21)11-20-10-13(17-18-20)15(22)16-8-7-12-6-5-9-23-12/h5-6,9-10H,3-4,7-8,11H2,1-2H3,(H,16,22). The normalized spacial score (nSPS) is 10.5. The number of likely N-dealkylation sites (N-methyl/N-ethyl adjacent to an activating group) is 1. The van der Waals surface area contributed by atoms with Crippen LogP contribution in [0.1, 0.15) is 30.1 Å². The molecule has 0 fully saturated rings. The van der Waals surface area contributed by atoms with Crippen LogP contribution in [-0.4, -0.2) is 51.3 Å². The van der Waals surface area contributed by atoms with Gasteiger partial charge >= 0.3 is 0 Å². The average Bonchev–Trinajstić information content (AvgIpc) is 3.20. The maximum Gasteiger partial charge on any atom is 0.273 e. The number of hydrogen-bond donors (Lipinski definition) is 1. The predicted molar refractivity (Wildman–Crippen MR) is 82.7 cm³/mol. The third-order valence-electron chi connectivity index (χ3n) is 3.42. The van der Waals surface area contributed by atoms with E-state index < -0.39 is 0 Å². The van der Waals surface area contributed by atoms with E-state index in [4.69, 9.17) is 4.42 Å². The Bertz CT molecular complexity index is 631. The summed E-state index contributed by atoms with van der Waals surface area (Å²) in [5, 5.41) is 10.4. The number of carbonyl (C=O) groups excluding carboxylic acids is 2. The van der Waals surface area contributed by atoms with Crippen molar-refractivity contribution in [3.8, 4) is 0 Å². The Labute approximate surface area is 134 Å². The molecule has 0 radical (unpaired) electrons. The molecule has 0 spiro atoms. The van der Waals surface area contributed by atoms with Crippen LogP contribution < -0.4 is 5.32 Å². The minimum Gasteiger partial charge on any atom is -0.469 e. The molecule has 2 heterocycles. The zero-order valence-electron chi connectivity index (χ0n) is 13.4. The molecule has 2 aromatic rings. The van der Waals surface area contributed by atoms with Gasteiger partial charge in [-0.15, -0.1) is 5.10 Å². The molecular formula is C15H21N5O3. The molecule has 0 saturated heterocycles. The van der Waals surface area contributed by atoms with Gasteiger partial charge in [-0.2, -0.15) is 0 Å². The van der Waals surface area contributed by atoms with Crippen LogP contribution in [0.5, 0.6) is 0 Å². The van der Waals surface area contributed by atoms with Crippen molar-refractivity contribution in [1.29, 1.82) is 0 Å². The van der Waals surface area contributed by atoms with E-state index in [0.29, 0.717) is 26.1 Å². The van der Waals surface area contributed by atoms with Gasteiger partial charge in [-0.25, -0.2) is 4.68 Å². The molecule has 0 atom stereocenters. The summed E-state index contributed by atoms with van der Waals surface area (Å²) >= 11 is 0. The Hall–Kier alpha value is -2.64. The van der Waals surface area contributed by atoms with Gasteiger partial charge in [0.15, 0.2) is 5.69 Å². The fraction of sp³-hybridized carbons (Fsp3) is 0.467. The minimum absolute atomic E-state index is 0.0512. The molecule has 0 aliphatic carbocycles. The Morgan fingerprint density at radius 3 is 2.78 bits per heavy atom. The van der Waals surface area contributed by atoms with Crippen molar-refractivity contribution in [3.63, 3.8) is 0 Å². The highest BCUT2D eigenvalue weighted by molar-refractivity contribution is 5.91. The topological polar surface area (TPSA) is 93.3 Å². The number of furan rings is 1. The van der Waals surface area contributed by atoms with Crippen LogP contribution >= 0.6 is 0 Å². The summed E-state index contributed by atoms with van der Waals surface area (Å²) in [6.45, 7) is 5.64. The Balaban J connectivity index is 1.83. The number of rotatable bonds is 8. The van der Waals surface area contributed by atoms with E-state index in [-0.39, 0.29) is 24.1 Å². The van der Waals surface area contributed by atoms with Crippen molar-refractivity contribution in [1.82, 2.24) is 25.2 Å². The van der Waals surface area contributed by atoms with Crippen LogP contribution in [0.2, 0.25) is 0 Å². The van der Waals surface area contributed by atoms with Crippen molar-refractivity contribution >= 4 is 11.8 Å². The molecule has 0 bridgehead atoms. The van der Waals surface area contributed by atoms with Gasteiger partial charge in [0.25, 0.3) is 5.91 Å². The highest BCUT2D eigenvalue weighted by atomic mass is 16.3. The second kappa shape index (κ2) is 8.11. The van der Waals surface area contributed by atoms with E-state index in [2.05, 4.69) is 15.6 Å². The SMILES string of the molecule is CCN(CC)C(=O)Cn1cc(C(=O)NCCc2ccco2)nn1. The van der Waals surface area contributed by atoms with Gasteiger partial charge in [0.05, 0.1) is 12.5 Å². The lowest BCUT2D eigenvalue weighted by Crippen LogP contribution is -2.33. The fourth-order valence-electron chi connectivity index (χ4n) is 2.14. The van der Waals surface area contributed by atoms with Crippen LogP contribution in [0.15, 0.2) is 29.0 Å². The summed E-state index contributed by atoms with van der Waals surface area (Å²) in [4.78, 5) is 25.6. The third-order valence-corrected chi connectivity index (χ3v) is 3.42. The van der Waals surface area contributed by atoms with Crippen molar-refractivity contribution < 1.29 is 14.0 Å². The molecule has 23 heavy (non-hydrogen) atoms. The van der Waals surface area contributed by atoms with Gasteiger partial charge < -0.3 is 14.6 Å². The van der Waals surface area contributed by atoms with Gasteiger partial charge in [-0.3, -0.25) is 9.59 Å². The molecule has 2 rings (SSSR count). The lowest BCUT2D eigenvalue weighted by molar-refractivity contribution is -0.131. The van der Waals surface area contributed by atoms with Crippen molar-refractivity contribution in [2.45, 2.75) is 26.8 Å². The second-order valence-corrected chi connectivity index (χ2v) is 4.95. The van der Waals surface area contributed by atoms with E-state index in [1.807, 2.05) is 19.9 Å². The minimum atomic E-state index is -0.321. The van der Waals surface area contributed by atoms with E-state index >= 15 is 0 Å². The first-order chi connectivity index (χ1) is 11.1. The van der Waals surface area contributed by atoms with Crippen molar-refractivity contribution in [3.05, 3.63) is 36.0 Å². The summed E-state index contributed by atoms with van der Waals surface area (Å²) in [6, 6.07) is 3.65. The molecule has 0 saturated carbocycles. The number of amides is 2. The summed E-state index contributed by atoms with van der Waals surface area (Å²) in [5.74, 6) is 0.432. The molecule has 2 aromatic heterocycles. The number of aromatic nitrogens is 3. The molecule has 2 amide bonds. The lowest BCUT2D eigenvalue weighted by Gasteiger charge is -2.17. The van der Waals surface area contributed by atoms with Gasteiger partial charge in [0.1, 0.15) is 12.3 Å². The summed E-state index contributed by atoms with van der Waals surface area (Å²) < 4.78 is 6.56. The zero-order chi connectivity index (χ0) is 16.7. The molecule has 0 aliphatic heterocycles. The zero-order valence-corrected chi connectivity index (χ0v) is 13.4. The molecular weight excluding hydrogens is 298 g/mol. The van der Waals surface area contributed by atoms with E-state index in [1.165, 1.54) is 10.9 Å². The first-order valence-corrected chi connectivity index (χ1v) is 7.62. The Morgan fingerprint density at radius 2 is 2.13 bits per heavy atom. The van der Waals surface area contributed by atoms with Gasteiger partial charge in [0, 0.05) is 26.1 Å². The molecule has 0 aliphatic rings. The van der Waals surface area contributed by atoms with E-state index in [0.717, 1.165) is 5.76 Å². The first-order valence-electron chi connectivity index (χ1n) is 7.62. The largest absolute Gasteiger partial charge is 0.469 e. The van der Waals surface area contributed by atoms with Crippen LogP contribution in [0.4, 0.5) is 0 Å². The smallest absolute Gasteiger partial charge is 0.273 e. The Morgan fingerprint density at radius 1 is 1.35 bits per heavy atom. The van der Waals surface area contributed by atoms with E-state index in [1.54, 1.807) is 17.2 Å². The van der Waals surface area contributed by atoms with Crippen LogP contribution in [-0.2, 0) is 17.8 Å². The van der Waals surface area contributed by atoms with Crippen LogP contribution in [0.25, 0.3) is 0 Å². The molecule has 8 nitrogen and oxygen atoms in total. The highest BCUT2D eigenvalue weighted by Crippen LogP contribution is 2.00. The van der Waals surface area contributed by atoms with Crippen LogP contribution in [0, 0.1) is 0 Å². The van der Waals surface area contributed by atoms with Crippen molar-refractivity contribution in [2.75, 3.05) is 19.6 Å². The number of hydrogen-bond acceptors (Lipinski definition) is 5. The maximum atomic E-state index is 12.0. The van der Waals surface area contributed by atoms with Gasteiger partial charge in [-0.05, 0) is 26.0 Å². The quantitative estimate of drug-likeness (QED) is 0.773. The third kappa shape index (κ3) is 4.67. The summed E-state index contributed by atoms with van der Waals surface area (Å²) in [5.41, 5.74) is 0.191. The van der Waals surface area contributed by atoms with Crippen LogP contribution in [0.3, 0.4) is 0 Å². The average molecular weight is 319 g/mol. The molecule has 0 aromatic carbocycles. The number of carbonyl (C=O) groups is 2. The number of nitrogens with zero attached hydrogens (tertiary/aromatic N) is 4. The van der Waals surface area contributed by atoms with Gasteiger partial charge in [-0.1, -0.05) is 5.21 Å². The van der Waals surface area contributed by atoms with Gasteiger partial charge in [0.2, 0.25) is 5.91 Å². The van der Waals surface area contributed by atoms with Crippen molar-refractivity contribution in [2.24, 2.45) is 0 Å². The summed E-state index contributed by atoms with van der Waals surface area (Å²) in [6.07, 6.45) is 3.67. The highest BCUT2D eigenvalue weighted by Gasteiger charge is 2.14. The number of nitrogens with one attached hydrogen (secondary N) is 1. The molecule has 8 heteroatoms.